The summed E-state index contributed by atoms with van der Waals surface area (Å²) in [5.41, 5.74) is 0.851. The Bertz CT molecular complexity index is 956. The van der Waals surface area contributed by atoms with Crippen LogP contribution in [0.25, 0.3) is 10.2 Å². The van der Waals surface area contributed by atoms with Gasteiger partial charge in [-0.25, -0.2) is 9.37 Å². The van der Waals surface area contributed by atoms with Crippen molar-refractivity contribution in [2.45, 2.75) is 18.9 Å². The van der Waals surface area contributed by atoms with Crippen molar-refractivity contribution in [3.8, 4) is 0 Å². The summed E-state index contributed by atoms with van der Waals surface area (Å²) < 4.78 is 21.3. The van der Waals surface area contributed by atoms with Crippen LogP contribution in [0.15, 0.2) is 46.9 Å². The molecule has 2 heterocycles. The van der Waals surface area contributed by atoms with Crippen LogP contribution in [0.1, 0.15) is 23.2 Å². The molecule has 1 unspecified atom stereocenters. The Kier molecular flexibility index (Phi) is 5.02. The zero-order valence-electron chi connectivity index (χ0n) is 13.8. The molecule has 1 atom stereocenters. The zero-order valence-corrected chi connectivity index (χ0v) is 16.2. The van der Waals surface area contributed by atoms with Crippen LogP contribution in [-0.2, 0) is 4.74 Å². The molecule has 7 heteroatoms. The monoisotopic (exact) mass is 434 g/mol. The van der Waals surface area contributed by atoms with Gasteiger partial charge < -0.3 is 4.74 Å². The first-order valence-electron chi connectivity index (χ1n) is 8.36. The van der Waals surface area contributed by atoms with Gasteiger partial charge in [0.05, 0.1) is 17.3 Å². The SMILES string of the molecule is O=C(c1cccc(Br)c1)N(CC1CCCO1)c1nc2c(F)cccc2s1. The molecule has 26 heavy (non-hydrogen) atoms. The van der Waals surface area contributed by atoms with Crippen LogP contribution in [0.3, 0.4) is 0 Å². The second kappa shape index (κ2) is 7.42. The number of hydrogen-bond donors (Lipinski definition) is 0. The smallest absolute Gasteiger partial charge is 0.260 e. The third-order valence-corrected chi connectivity index (χ3v) is 5.85. The van der Waals surface area contributed by atoms with E-state index < -0.39 is 0 Å². The number of rotatable bonds is 4. The van der Waals surface area contributed by atoms with Crippen molar-refractivity contribution in [2.75, 3.05) is 18.1 Å². The van der Waals surface area contributed by atoms with E-state index in [0.717, 1.165) is 22.0 Å². The average Bonchev–Trinajstić information content (AvgIpc) is 3.29. The second-order valence-corrected chi connectivity index (χ2v) is 8.07. The molecule has 2 aromatic carbocycles. The molecule has 134 valence electrons. The fourth-order valence-corrected chi connectivity index (χ4v) is 4.42. The van der Waals surface area contributed by atoms with Gasteiger partial charge in [0.1, 0.15) is 11.3 Å². The van der Waals surface area contributed by atoms with Gasteiger partial charge in [-0.3, -0.25) is 9.69 Å². The highest BCUT2D eigenvalue weighted by atomic mass is 79.9. The van der Waals surface area contributed by atoms with Crippen molar-refractivity contribution in [3.05, 3.63) is 58.3 Å². The molecular formula is C19H16BrFN2O2S. The van der Waals surface area contributed by atoms with E-state index in [1.807, 2.05) is 18.2 Å². The van der Waals surface area contributed by atoms with Crippen LogP contribution in [0, 0.1) is 5.82 Å². The highest BCUT2D eigenvalue weighted by molar-refractivity contribution is 9.10. The summed E-state index contributed by atoms with van der Waals surface area (Å²) in [5, 5.41) is 0.491. The number of halogens is 2. The lowest BCUT2D eigenvalue weighted by atomic mass is 10.2. The van der Waals surface area contributed by atoms with Crippen molar-refractivity contribution in [1.29, 1.82) is 0 Å². The predicted molar refractivity (Wildman–Crippen MR) is 104 cm³/mol. The van der Waals surface area contributed by atoms with Gasteiger partial charge in [0, 0.05) is 16.6 Å². The molecule has 0 N–H and O–H groups in total. The van der Waals surface area contributed by atoms with E-state index in [2.05, 4.69) is 20.9 Å². The van der Waals surface area contributed by atoms with Gasteiger partial charge in [0.15, 0.2) is 5.13 Å². The maximum absolute atomic E-state index is 14.1. The Morgan fingerprint density at radius 1 is 1.35 bits per heavy atom. The number of benzene rings is 2. The maximum Gasteiger partial charge on any atom is 0.260 e. The fourth-order valence-electron chi connectivity index (χ4n) is 3.04. The lowest BCUT2D eigenvalue weighted by Gasteiger charge is -2.23. The number of hydrogen-bond acceptors (Lipinski definition) is 4. The van der Waals surface area contributed by atoms with E-state index in [4.69, 9.17) is 4.74 Å². The van der Waals surface area contributed by atoms with Gasteiger partial charge in [0.2, 0.25) is 0 Å². The number of carbonyl (C=O) groups is 1. The van der Waals surface area contributed by atoms with Gasteiger partial charge >= 0.3 is 0 Å². The standard InChI is InChI=1S/C19H16BrFN2O2S/c20-13-5-1-4-12(10-13)18(24)23(11-14-6-3-9-25-14)19-22-17-15(21)7-2-8-16(17)26-19/h1-2,4-5,7-8,10,14H,3,6,9,11H2. The molecule has 1 aromatic heterocycles. The number of aromatic nitrogens is 1. The number of para-hydroxylation sites is 1. The lowest BCUT2D eigenvalue weighted by molar-refractivity contribution is 0.0917. The van der Waals surface area contributed by atoms with Crippen molar-refractivity contribution in [1.82, 2.24) is 4.98 Å². The molecule has 1 aliphatic heterocycles. The average molecular weight is 435 g/mol. The fraction of sp³-hybridized carbons (Fsp3) is 0.263. The Morgan fingerprint density at radius 3 is 2.92 bits per heavy atom. The van der Waals surface area contributed by atoms with Gasteiger partial charge in [-0.15, -0.1) is 0 Å². The number of anilines is 1. The van der Waals surface area contributed by atoms with Crippen molar-refractivity contribution in [2.24, 2.45) is 0 Å². The van der Waals surface area contributed by atoms with E-state index >= 15 is 0 Å². The van der Waals surface area contributed by atoms with Crippen molar-refractivity contribution >= 4 is 48.5 Å². The predicted octanol–water partition coefficient (Wildman–Crippen LogP) is 5.02. The maximum atomic E-state index is 14.1. The molecule has 0 bridgehead atoms. The number of nitrogens with zero attached hydrogens (tertiary/aromatic N) is 2. The molecule has 0 saturated carbocycles. The molecule has 4 nitrogen and oxygen atoms in total. The van der Waals surface area contributed by atoms with Crippen LogP contribution in [0.2, 0.25) is 0 Å². The van der Waals surface area contributed by atoms with Crippen molar-refractivity contribution in [3.63, 3.8) is 0 Å². The van der Waals surface area contributed by atoms with E-state index in [-0.39, 0.29) is 17.8 Å². The van der Waals surface area contributed by atoms with E-state index in [1.54, 1.807) is 23.1 Å². The van der Waals surface area contributed by atoms with Gasteiger partial charge in [0.25, 0.3) is 5.91 Å². The molecule has 1 amide bonds. The summed E-state index contributed by atoms with van der Waals surface area (Å²) in [7, 11) is 0. The summed E-state index contributed by atoms with van der Waals surface area (Å²) >= 11 is 4.72. The third kappa shape index (κ3) is 3.51. The topological polar surface area (TPSA) is 42.4 Å². The van der Waals surface area contributed by atoms with Crippen LogP contribution in [-0.4, -0.2) is 30.1 Å². The summed E-state index contributed by atoms with van der Waals surface area (Å²) in [6.45, 7) is 1.12. The normalized spacial score (nSPS) is 16.9. The molecule has 4 rings (SSSR count). The molecule has 0 radical (unpaired) electrons. The summed E-state index contributed by atoms with van der Waals surface area (Å²) in [5.74, 6) is -0.543. The lowest BCUT2D eigenvalue weighted by Crippen LogP contribution is -2.37. The van der Waals surface area contributed by atoms with E-state index in [0.29, 0.717) is 29.4 Å². The van der Waals surface area contributed by atoms with Crippen LogP contribution in [0.5, 0.6) is 0 Å². The molecule has 3 aromatic rings. The Balaban J connectivity index is 1.73. The first kappa shape index (κ1) is 17.6. The highest BCUT2D eigenvalue weighted by Gasteiger charge is 2.27. The Hall–Kier alpha value is -1.83. The second-order valence-electron chi connectivity index (χ2n) is 6.14. The number of thiazole rings is 1. The molecule has 1 saturated heterocycles. The molecule has 0 aliphatic carbocycles. The Labute approximate surface area is 162 Å². The first-order valence-corrected chi connectivity index (χ1v) is 9.97. The minimum Gasteiger partial charge on any atom is -0.376 e. The molecule has 0 spiro atoms. The van der Waals surface area contributed by atoms with Gasteiger partial charge in [-0.2, -0.15) is 0 Å². The van der Waals surface area contributed by atoms with Crippen molar-refractivity contribution < 1.29 is 13.9 Å². The Morgan fingerprint density at radius 2 is 2.19 bits per heavy atom. The van der Waals surface area contributed by atoms with E-state index in [9.17, 15) is 9.18 Å². The summed E-state index contributed by atoms with van der Waals surface area (Å²) in [6, 6.07) is 12.1. The van der Waals surface area contributed by atoms with Crippen LogP contribution in [0.4, 0.5) is 9.52 Å². The number of ether oxygens (including phenoxy) is 1. The number of carbonyl (C=O) groups excluding carboxylic acids is 1. The number of amides is 1. The third-order valence-electron chi connectivity index (χ3n) is 4.32. The van der Waals surface area contributed by atoms with Gasteiger partial charge in [-0.05, 0) is 43.2 Å². The molecular weight excluding hydrogens is 419 g/mol. The molecule has 1 aliphatic rings. The summed E-state index contributed by atoms with van der Waals surface area (Å²) in [6.07, 6.45) is 1.86. The number of fused-ring (bicyclic) bond motifs is 1. The van der Waals surface area contributed by atoms with Crippen LogP contribution < -0.4 is 4.90 Å². The highest BCUT2D eigenvalue weighted by Crippen LogP contribution is 2.32. The van der Waals surface area contributed by atoms with Crippen LogP contribution >= 0.6 is 27.3 Å². The van der Waals surface area contributed by atoms with E-state index in [1.165, 1.54) is 17.4 Å². The molecule has 1 fully saturated rings. The minimum atomic E-state index is -0.378. The summed E-state index contributed by atoms with van der Waals surface area (Å²) in [4.78, 5) is 19.2. The van der Waals surface area contributed by atoms with Gasteiger partial charge in [-0.1, -0.05) is 39.4 Å². The zero-order chi connectivity index (χ0) is 18.1. The first-order chi connectivity index (χ1) is 12.6. The largest absolute Gasteiger partial charge is 0.376 e. The minimum absolute atomic E-state index is 0.0250. The quantitative estimate of drug-likeness (QED) is 0.578.